The second-order valence-corrected chi connectivity index (χ2v) is 5.73. The van der Waals surface area contributed by atoms with Crippen LogP contribution in [-0.4, -0.2) is 25.5 Å². The maximum atomic E-state index is 13.4. The Balaban J connectivity index is 1.50. The zero-order valence-electron chi connectivity index (χ0n) is 11.5. The summed E-state index contributed by atoms with van der Waals surface area (Å²) in [6.07, 6.45) is 0. The number of halogens is 1. The van der Waals surface area contributed by atoms with E-state index in [9.17, 15) is 4.39 Å². The first-order valence-corrected chi connectivity index (χ1v) is 7.82. The van der Waals surface area contributed by atoms with Crippen molar-refractivity contribution >= 4 is 17.4 Å². The van der Waals surface area contributed by atoms with E-state index in [4.69, 9.17) is 9.47 Å². The molecule has 1 aliphatic heterocycles. The van der Waals surface area contributed by atoms with E-state index in [1.807, 2.05) is 24.3 Å². The lowest BCUT2D eigenvalue weighted by molar-refractivity contribution is 0.171. The van der Waals surface area contributed by atoms with Gasteiger partial charge in [-0.1, -0.05) is 12.1 Å². The number of thioether (sulfide) groups is 1. The van der Waals surface area contributed by atoms with Crippen molar-refractivity contribution in [3.8, 4) is 11.5 Å². The van der Waals surface area contributed by atoms with Crippen molar-refractivity contribution in [3.05, 3.63) is 48.3 Å². The molecule has 0 unspecified atom stereocenters. The van der Waals surface area contributed by atoms with Crippen LogP contribution in [-0.2, 0) is 0 Å². The van der Waals surface area contributed by atoms with Crippen LogP contribution in [0.5, 0.6) is 11.5 Å². The average Bonchev–Trinajstić information content (AvgIpc) is 2.53. The zero-order valence-corrected chi connectivity index (χ0v) is 12.3. The first-order chi connectivity index (χ1) is 10.3. The third kappa shape index (κ3) is 3.61. The van der Waals surface area contributed by atoms with Gasteiger partial charge in [0.05, 0.1) is 5.69 Å². The number of para-hydroxylation sites is 1. The fourth-order valence-corrected chi connectivity index (χ4v) is 2.87. The van der Waals surface area contributed by atoms with Crippen molar-refractivity contribution in [3.63, 3.8) is 0 Å². The summed E-state index contributed by atoms with van der Waals surface area (Å²) in [6.45, 7) is 1.89. The quantitative estimate of drug-likeness (QED) is 0.672. The molecule has 2 aromatic carbocycles. The van der Waals surface area contributed by atoms with Crippen LogP contribution < -0.4 is 14.8 Å². The van der Waals surface area contributed by atoms with Crippen molar-refractivity contribution in [1.29, 1.82) is 0 Å². The third-order valence-corrected chi connectivity index (χ3v) is 4.07. The maximum Gasteiger partial charge on any atom is 0.162 e. The Labute approximate surface area is 127 Å². The number of benzene rings is 2. The summed E-state index contributed by atoms with van der Waals surface area (Å²) in [4.78, 5) is 1.12. The van der Waals surface area contributed by atoms with Gasteiger partial charge in [0.1, 0.15) is 19.0 Å². The van der Waals surface area contributed by atoms with E-state index in [-0.39, 0.29) is 5.82 Å². The first-order valence-electron chi connectivity index (χ1n) is 6.84. The van der Waals surface area contributed by atoms with Crippen molar-refractivity contribution < 1.29 is 13.9 Å². The SMILES string of the molecule is Fc1ccccc1NCCSc1ccc2c(c1)OCCO2. The van der Waals surface area contributed by atoms with E-state index >= 15 is 0 Å². The Kier molecular flexibility index (Phi) is 4.50. The van der Waals surface area contributed by atoms with E-state index in [0.717, 1.165) is 22.1 Å². The van der Waals surface area contributed by atoms with Crippen molar-refractivity contribution in [2.24, 2.45) is 0 Å². The van der Waals surface area contributed by atoms with Crippen LogP contribution in [0.15, 0.2) is 47.4 Å². The molecule has 0 aromatic heterocycles. The molecule has 0 radical (unpaired) electrons. The molecular weight excluding hydrogens is 289 g/mol. The Morgan fingerprint density at radius 2 is 1.86 bits per heavy atom. The van der Waals surface area contributed by atoms with Gasteiger partial charge in [-0.2, -0.15) is 0 Å². The van der Waals surface area contributed by atoms with Crippen LogP contribution in [0.25, 0.3) is 0 Å². The Hall–Kier alpha value is -1.88. The molecule has 5 heteroatoms. The van der Waals surface area contributed by atoms with E-state index in [0.29, 0.717) is 25.4 Å². The minimum Gasteiger partial charge on any atom is -0.486 e. The fourth-order valence-electron chi connectivity index (χ4n) is 2.07. The van der Waals surface area contributed by atoms with Crippen molar-refractivity contribution in [2.45, 2.75) is 4.90 Å². The normalized spacial score (nSPS) is 13.0. The topological polar surface area (TPSA) is 30.5 Å². The monoisotopic (exact) mass is 305 g/mol. The van der Waals surface area contributed by atoms with Gasteiger partial charge in [-0.15, -0.1) is 11.8 Å². The van der Waals surface area contributed by atoms with Gasteiger partial charge in [-0.25, -0.2) is 4.39 Å². The van der Waals surface area contributed by atoms with Crippen LogP contribution in [0.3, 0.4) is 0 Å². The molecule has 0 atom stereocenters. The minimum absolute atomic E-state index is 0.221. The number of nitrogens with one attached hydrogen (secondary N) is 1. The van der Waals surface area contributed by atoms with Gasteiger partial charge in [-0.05, 0) is 30.3 Å². The summed E-state index contributed by atoms with van der Waals surface area (Å²) >= 11 is 1.70. The van der Waals surface area contributed by atoms with E-state index in [1.54, 1.807) is 23.9 Å². The molecule has 3 nitrogen and oxygen atoms in total. The molecule has 2 aromatic rings. The zero-order chi connectivity index (χ0) is 14.5. The number of ether oxygens (including phenoxy) is 2. The van der Waals surface area contributed by atoms with Gasteiger partial charge in [0.15, 0.2) is 11.5 Å². The second kappa shape index (κ2) is 6.72. The van der Waals surface area contributed by atoms with Gasteiger partial charge >= 0.3 is 0 Å². The third-order valence-electron chi connectivity index (χ3n) is 3.07. The van der Waals surface area contributed by atoms with Crippen LogP contribution >= 0.6 is 11.8 Å². The standard InChI is InChI=1S/C16H16FNO2S/c17-13-3-1-2-4-14(13)18-7-10-21-12-5-6-15-16(11-12)20-9-8-19-15/h1-6,11,18H,7-10H2. The fraction of sp³-hybridized carbons (Fsp3) is 0.250. The van der Waals surface area contributed by atoms with Crippen molar-refractivity contribution in [1.82, 2.24) is 0 Å². The summed E-state index contributed by atoms with van der Waals surface area (Å²) in [5, 5.41) is 3.09. The Morgan fingerprint density at radius 3 is 2.71 bits per heavy atom. The van der Waals surface area contributed by atoms with Crippen LogP contribution in [0.1, 0.15) is 0 Å². The number of hydrogen-bond acceptors (Lipinski definition) is 4. The van der Waals surface area contributed by atoms with Gasteiger partial charge in [0.25, 0.3) is 0 Å². The lowest BCUT2D eigenvalue weighted by Gasteiger charge is -2.18. The molecule has 0 saturated heterocycles. The van der Waals surface area contributed by atoms with Crippen LogP contribution in [0.2, 0.25) is 0 Å². The molecule has 1 heterocycles. The largest absolute Gasteiger partial charge is 0.486 e. The predicted molar refractivity (Wildman–Crippen MR) is 83.0 cm³/mol. The van der Waals surface area contributed by atoms with Gasteiger partial charge in [0, 0.05) is 17.2 Å². The lowest BCUT2D eigenvalue weighted by Crippen LogP contribution is -2.15. The number of hydrogen-bond donors (Lipinski definition) is 1. The molecule has 0 bridgehead atoms. The first kappa shape index (κ1) is 14.1. The molecule has 21 heavy (non-hydrogen) atoms. The maximum absolute atomic E-state index is 13.4. The second-order valence-electron chi connectivity index (χ2n) is 4.56. The summed E-state index contributed by atoms with van der Waals surface area (Å²) in [5.41, 5.74) is 0.542. The lowest BCUT2D eigenvalue weighted by atomic mass is 10.3. The highest BCUT2D eigenvalue weighted by molar-refractivity contribution is 7.99. The number of rotatable bonds is 5. The smallest absolute Gasteiger partial charge is 0.162 e. The van der Waals surface area contributed by atoms with E-state index < -0.39 is 0 Å². The average molecular weight is 305 g/mol. The van der Waals surface area contributed by atoms with E-state index in [2.05, 4.69) is 5.32 Å². The Morgan fingerprint density at radius 1 is 1.05 bits per heavy atom. The van der Waals surface area contributed by atoms with Crippen LogP contribution in [0.4, 0.5) is 10.1 Å². The molecule has 0 aliphatic carbocycles. The summed E-state index contributed by atoms with van der Waals surface area (Å²) < 4.78 is 24.5. The van der Waals surface area contributed by atoms with Crippen LogP contribution in [0, 0.1) is 5.82 Å². The summed E-state index contributed by atoms with van der Waals surface area (Å²) in [7, 11) is 0. The number of anilines is 1. The highest BCUT2D eigenvalue weighted by atomic mass is 32.2. The van der Waals surface area contributed by atoms with Gasteiger partial charge in [0.2, 0.25) is 0 Å². The minimum atomic E-state index is -0.221. The van der Waals surface area contributed by atoms with E-state index in [1.165, 1.54) is 6.07 Å². The molecule has 3 rings (SSSR count). The predicted octanol–water partition coefficient (Wildman–Crippen LogP) is 3.80. The molecule has 0 spiro atoms. The molecule has 1 aliphatic rings. The molecule has 0 amide bonds. The molecular formula is C16H16FNO2S. The highest BCUT2D eigenvalue weighted by Gasteiger charge is 2.11. The molecule has 0 saturated carbocycles. The molecule has 1 N–H and O–H groups in total. The van der Waals surface area contributed by atoms with Gasteiger partial charge in [-0.3, -0.25) is 0 Å². The summed E-state index contributed by atoms with van der Waals surface area (Å²) in [6, 6.07) is 12.6. The Bertz CT molecular complexity index is 621. The molecule has 110 valence electrons. The molecule has 0 fully saturated rings. The van der Waals surface area contributed by atoms with Gasteiger partial charge < -0.3 is 14.8 Å². The number of fused-ring (bicyclic) bond motifs is 1. The van der Waals surface area contributed by atoms with Crippen molar-refractivity contribution in [2.75, 3.05) is 30.8 Å². The highest BCUT2D eigenvalue weighted by Crippen LogP contribution is 2.34. The summed E-state index contributed by atoms with van der Waals surface area (Å²) in [5.74, 6) is 2.22.